The van der Waals surface area contributed by atoms with Gasteiger partial charge in [0.1, 0.15) is 5.78 Å². The molecule has 0 aromatic heterocycles. The molecule has 0 aliphatic carbocycles. The summed E-state index contributed by atoms with van der Waals surface area (Å²) in [6.07, 6.45) is 4.59. The SMILES string of the molecule is COC(CC(=O)C(C)CCN1CCCC1CC(SCCN)C(=O)NCCc1ccccc1)CN(C)C(=O)CC(C)CNC(=O)C(C(C)C)N(C)C. The first kappa shape index (κ1) is 44.7. The van der Waals surface area contributed by atoms with Crippen LogP contribution < -0.4 is 16.4 Å². The maximum atomic E-state index is 13.3. The Bertz CT molecular complexity index is 1180. The monoisotopic (exact) mass is 732 g/mol. The minimum Gasteiger partial charge on any atom is -0.379 e. The Morgan fingerprint density at radius 2 is 1.73 bits per heavy atom. The smallest absolute Gasteiger partial charge is 0.237 e. The summed E-state index contributed by atoms with van der Waals surface area (Å²) in [5.41, 5.74) is 7.01. The van der Waals surface area contributed by atoms with Crippen molar-refractivity contribution < 1.29 is 23.9 Å². The van der Waals surface area contributed by atoms with Gasteiger partial charge in [-0.25, -0.2) is 0 Å². The summed E-state index contributed by atoms with van der Waals surface area (Å²) in [7, 11) is 7.11. The number of rotatable bonds is 25. The number of hydrogen-bond acceptors (Lipinski definition) is 9. The Morgan fingerprint density at radius 3 is 2.35 bits per heavy atom. The van der Waals surface area contributed by atoms with Crippen LogP contribution in [0.2, 0.25) is 0 Å². The summed E-state index contributed by atoms with van der Waals surface area (Å²) in [6.45, 7) is 11.6. The quantitative estimate of drug-likeness (QED) is 0.138. The third kappa shape index (κ3) is 16.4. The molecule has 51 heavy (non-hydrogen) atoms. The van der Waals surface area contributed by atoms with Crippen molar-refractivity contribution in [3.05, 3.63) is 35.9 Å². The minimum atomic E-state index is -0.393. The number of likely N-dealkylation sites (tertiary alicyclic amines) is 1. The minimum absolute atomic E-state index is 0.0282. The molecule has 1 fully saturated rings. The Labute approximate surface area is 312 Å². The highest BCUT2D eigenvalue weighted by Crippen LogP contribution is 2.27. The number of Topliss-reactive ketones (excluding diaryl/α,β-unsaturated/α-hetero) is 1. The summed E-state index contributed by atoms with van der Waals surface area (Å²) in [5.74, 6) is 0.880. The lowest BCUT2D eigenvalue weighted by Crippen LogP contribution is -2.47. The standard InChI is InChI=1S/C39H68N6O5S/c1-28(2)37(43(5)6)39(49)42-26-29(3)23-36(47)44(7)27-33(50-8)25-34(46)30(4)17-21-45-20-12-15-32(45)24-35(51-22-18-40)38(48)41-19-16-31-13-10-9-11-14-31/h9-11,13-14,28-30,32-33,35,37H,12,15-27,40H2,1-8H3,(H,41,48)(H,42,49). The Morgan fingerprint density at radius 1 is 1.02 bits per heavy atom. The summed E-state index contributed by atoms with van der Waals surface area (Å²) >= 11 is 1.64. The van der Waals surface area contributed by atoms with Gasteiger partial charge in [-0.2, -0.15) is 0 Å². The van der Waals surface area contributed by atoms with Crippen LogP contribution in [0.3, 0.4) is 0 Å². The largest absolute Gasteiger partial charge is 0.379 e. The van der Waals surface area contributed by atoms with Crippen LogP contribution >= 0.6 is 11.8 Å². The van der Waals surface area contributed by atoms with E-state index in [0.717, 1.165) is 50.9 Å². The first-order valence-corrected chi connectivity index (χ1v) is 19.9. The zero-order valence-electron chi connectivity index (χ0n) is 32.7. The first-order chi connectivity index (χ1) is 24.3. The van der Waals surface area contributed by atoms with E-state index in [2.05, 4.69) is 27.7 Å². The van der Waals surface area contributed by atoms with E-state index in [4.69, 9.17) is 10.5 Å². The van der Waals surface area contributed by atoms with E-state index in [-0.39, 0.29) is 59.0 Å². The van der Waals surface area contributed by atoms with Gasteiger partial charge in [-0.15, -0.1) is 11.8 Å². The molecule has 1 saturated heterocycles. The van der Waals surface area contributed by atoms with E-state index in [1.165, 1.54) is 5.56 Å². The number of carbonyl (C=O) groups excluding carboxylic acids is 4. The number of methoxy groups -OCH3 is 1. The average Bonchev–Trinajstić information content (AvgIpc) is 3.54. The van der Waals surface area contributed by atoms with Crippen LogP contribution in [0.25, 0.3) is 0 Å². The van der Waals surface area contributed by atoms with Crippen molar-refractivity contribution in [2.24, 2.45) is 23.5 Å². The molecule has 0 saturated carbocycles. The first-order valence-electron chi connectivity index (χ1n) is 18.9. The van der Waals surface area contributed by atoms with E-state index in [1.807, 2.05) is 64.9 Å². The maximum Gasteiger partial charge on any atom is 0.237 e. The zero-order valence-corrected chi connectivity index (χ0v) is 33.5. The molecule has 3 amide bonds. The zero-order chi connectivity index (χ0) is 37.9. The molecule has 1 aromatic carbocycles. The average molecular weight is 733 g/mol. The highest BCUT2D eigenvalue weighted by Gasteiger charge is 2.31. The predicted molar refractivity (Wildman–Crippen MR) is 209 cm³/mol. The molecule has 11 nitrogen and oxygen atoms in total. The van der Waals surface area contributed by atoms with Crippen LogP contribution in [0.1, 0.15) is 71.8 Å². The third-order valence-corrected chi connectivity index (χ3v) is 11.2. The van der Waals surface area contributed by atoms with Gasteiger partial charge in [0.25, 0.3) is 0 Å². The molecule has 6 unspecified atom stereocenters. The van der Waals surface area contributed by atoms with Gasteiger partial charge in [0, 0.05) is 70.9 Å². The van der Waals surface area contributed by atoms with Crippen LogP contribution in [-0.2, 0) is 30.3 Å². The highest BCUT2D eigenvalue weighted by molar-refractivity contribution is 8.00. The molecule has 1 heterocycles. The topological polar surface area (TPSA) is 137 Å². The van der Waals surface area contributed by atoms with Crippen molar-refractivity contribution in [2.75, 3.05) is 73.3 Å². The van der Waals surface area contributed by atoms with Crippen molar-refractivity contribution >= 4 is 35.3 Å². The molecule has 0 bridgehead atoms. The summed E-state index contributed by atoms with van der Waals surface area (Å²) in [5, 5.41) is 6.00. The summed E-state index contributed by atoms with van der Waals surface area (Å²) < 4.78 is 5.66. The second-order valence-electron chi connectivity index (χ2n) is 14.9. The van der Waals surface area contributed by atoms with Gasteiger partial charge in [-0.1, -0.05) is 58.0 Å². The molecular formula is C39H68N6O5S. The molecule has 290 valence electrons. The van der Waals surface area contributed by atoms with Crippen LogP contribution in [-0.4, -0.2) is 135 Å². The molecule has 4 N–H and O–H groups in total. The lowest BCUT2D eigenvalue weighted by atomic mass is 9.97. The number of benzene rings is 1. The molecule has 12 heteroatoms. The Kier molecular flexibility index (Phi) is 21.0. The molecule has 1 aromatic rings. The number of nitrogens with two attached hydrogens (primary N) is 1. The molecule has 2 rings (SSSR count). The van der Waals surface area contributed by atoms with Gasteiger partial charge in [0.15, 0.2) is 0 Å². The van der Waals surface area contributed by atoms with E-state index >= 15 is 0 Å². The second kappa shape index (κ2) is 23.9. The van der Waals surface area contributed by atoms with Gasteiger partial charge in [0.2, 0.25) is 17.7 Å². The van der Waals surface area contributed by atoms with E-state index < -0.39 is 6.10 Å². The highest BCUT2D eigenvalue weighted by atomic mass is 32.2. The van der Waals surface area contributed by atoms with Crippen molar-refractivity contribution in [1.29, 1.82) is 0 Å². The fourth-order valence-electron chi connectivity index (χ4n) is 6.87. The fraction of sp³-hybridized carbons (Fsp3) is 0.744. The van der Waals surface area contributed by atoms with Gasteiger partial charge >= 0.3 is 0 Å². The van der Waals surface area contributed by atoms with Crippen molar-refractivity contribution in [1.82, 2.24) is 25.3 Å². The van der Waals surface area contributed by atoms with Crippen LogP contribution in [0.4, 0.5) is 0 Å². The normalized spacial score (nSPS) is 17.9. The molecule has 6 atom stereocenters. The number of ether oxygens (including phenoxy) is 1. The molecule has 0 radical (unpaired) electrons. The van der Waals surface area contributed by atoms with Crippen molar-refractivity contribution in [3.63, 3.8) is 0 Å². The number of nitrogens with zero attached hydrogens (tertiary/aromatic N) is 3. The van der Waals surface area contributed by atoms with Crippen LogP contribution in [0, 0.1) is 17.8 Å². The number of nitrogens with one attached hydrogen (secondary N) is 2. The van der Waals surface area contributed by atoms with Gasteiger partial charge in [0.05, 0.1) is 17.4 Å². The number of carbonyl (C=O) groups is 4. The number of hydrogen-bond donors (Lipinski definition) is 3. The van der Waals surface area contributed by atoms with Crippen LogP contribution in [0.5, 0.6) is 0 Å². The van der Waals surface area contributed by atoms with E-state index in [1.54, 1.807) is 30.8 Å². The number of ketones is 1. The number of amides is 3. The van der Waals surface area contributed by atoms with Gasteiger partial charge in [-0.05, 0) is 76.7 Å². The summed E-state index contributed by atoms with van der Waals surface area (Å²) in [6, 6.07) is 10.3. The van der Waals surface area contributed by atoms with Gasteiger partial charge < -0.3 is 30.9 Å². The van der Waals surface area contributed by atoms with E-state index in [9.17, 15) is 19.2 Å². The van der Waals surface area contributed by atoms with Crippen molar-refractivity contribution in [2.45, 2.75) is 96.1 Å². The third-order valence-electron chi connectivity index (χ3n) is 9.94. The fourth-order valence-corrected chi connectivity index (χ4v) is 7.88. The lowest BCUT2D eigenvalue weighted by molar-refractivity contribution is -0.134. The molecule has 1 aliphatic rings. The van der Waals surface area contributed by atoms with E-state index in [0.29, 0.717) is 38.6 Å². The predicted octanol–water partition coefficient (Wildman–Crippen LogP) is 3.45. The molecule has 1 aliphatic heterocycles. The number of thioether (sulfide) groups is 1. The van der Waals surface area contributed by atoms with Crippen LogP contribution in [0.15, 0.2) is 30.3 Å². The molecule has 0 spiro atoms. The summed E-state index contributed by atoms with van der Waals surface area (Å²) in [4.78, 5) is 58.2. The maximum absolute atomic E-state index is 13.3. The molecular weight excluding hydrogens is 665 g/mol. The van der Waals surface area contributed by atoms with Gasteiger partial charge in [-0.3, -0.25) is 24.1 Å². The Hall–Kier alpha value is -2.51. The Balaban J connectivity index is 1.81. The second-order valence-corrected chi connectivity index (χ2v) is 16.3. The number of likely N-dealkylation sites (N-methyl/N-ethyl adjacent to an activating group) is 2. The lowest BCUT2D eigenvalue weighted by Gasteiger charge is -2.29. The van der Waals surface area contributed by atoms with Crippen molar-refractivity contribution in [3.8, 4) is 0 Å².